The van der Waals surface area contributed by atoms with Crippen molar-refractivity contribution in [3.63, 3.8) is 0 Å². The number of ether oxygens (including phenoxy) is 1. The van der Waals surface area contributed by atoms with Crippen LogP contribution in [0.1, 0.15) is 36.6 Å². The van der Waals surface area contributed by atoms with Crippen LogP contribution >= 0.6 is 15.9 Å². The number of hydrogen-bond donors (Lipinski definition) is 1. The van der Waals surface area contributed by atoms with E-state index >= 15 is 0 Å². The van der Waals surface area contributed by atoms with E-state index in [1.807, 2.05) is 0 Å². The van der Waals surface area contributed by atoms with E-state index in [1.54, 1.807) is 0 Å². The summed E-state index contributed by atoms with van der Waals surface area (Å²) in [5, 5.41) is 6.15. The molecule has 9 heteroatoms. The Balaban J connectivity index is 2.10. The normalized spacial score (nSPS) is 14.3. The molecule has 0 atom stereocenters. The first-order valence-electron chi connectivity index (χ1n) is 6.31. The molecule has 1 aromatic heterocycles. The Bertz CT molecular complexity index is 558. The number of esters is 1. The lowest BCUT2D eigenvalue weighted by Gasteiger charge is -2.07. The Morgan fingerprint density at radius 1 is 1.52 bits per heavy atom. The molecule has 1 aliphatic rings. The second-order valence-corrected chi connectivity index (χ2v) is 5.46. The summed E-state index contributed by atoms with van der Waals surface area (Å²) in [5.74, 6) is -0.924. The predicted molar refractivity (Wildman–Crippen MR) is 71.9 cm³/mol. The van der Waals surface area contributed by atoms with E-state index in [2.05, 4.69) is 31.1 Å². The largest absolute Gasteiger partial charge is 0.468 e. The fourth-order valence-electron chi connectivity index (χ4n) is 1.91. The summed E-state index contributed by atoms with van der Waals surface area (Å²) < 4.78 is 31.7. The maximum absolute atomic E-state index is 12.9. The van der Waals surface area contributed by atoms with E-state index in [1.165, 1.54) is 11.8 Å². The van der Waals surface area contributed by atoms with E-state index in [0.717, 1.165) is 12.8 Å². The third-order valence-corrected chi connectivity index (χ3v) is 3.89. The van der Waals surface area contributed by atoms with E-state index in [0.29, 0.717) is 5.69 Å². The highest BCUT2D eigenvalue weighted by atomic mass is 79.9. The van der Waals surface area contributed by atoms with Crippen molar-refractivity contribution in [1.82, 2.24) is 15.1 Å². The topological polar surface area (TPSA) is 73.2 Å². The molecule has 0 aliphatic heterocycles. The first-order chi connectivity index (χ1) is 9.93. The Hall–Kier alpha value is -1.51. The number of carbonyl (C=O) groups excluding carboxylic acids is 2. The summed E-state index contributed by atoms with van der Waals surface area (Å²) in [4.78, 5) is 22.7. The number of halogens is 3. The Labute approximate surface area is 128 Å². The summed E-state index contributed by atoms with van der Waals surface area (Å²) in [7, 11) is 1.21. The molecule has 0 aromatic carbocycles. The van der Waals surface area contributed by atoms with Crippen LogP contribution in [0.25, 0.3) is 0 Å². The minimum Gasteiger partial charge on any atom is -0.468 e. The monoisotopic (exact) mass is 365 g/mol. The summed E-state index contributed by atoms with van der Waals surface area (Å²) in [6, 6.07) is 0. The lowest BCUT2D eigenvalue weighted by molar-refractivity contribution is -0.141. The van der Waals surface area contributed by atoms with Crippen LogP contribution in [0, 0.1) is 0 Å². The van der Waals surface area contributed by atoms with Gasteiger partial charge in [-0.15, -0.1) is 0 Å². The summed E-state index contributed by atoms with van der Waals surface area (Å²) in [6.45, 7) is -0.480. The van der Waals surface area contributed by atoms with Crippen LogP contribution in [0.5, 0.6) is 0 Å². The van der Waals surface area contributed by atoms with Crippen LogP contribution in [-0.2, 0) is 20.9 Å². The van der Waals surface area contributed by atoms with Gasteiger partial charge in [0.15, 0.2) is 0 Å². The van der Waals surface area contributed by atoms with Gasteiger partial charge in [0.1, 0.15) is 18.8 Å². The molecule has 6 nitrogen and oxygen atoms in total. The van der Waals surface area contributed by atoms with Gasteiger partial charge in [-0.1, -0.05) is 0 Å². The molecule has 1 N–H and O–H groups in total. The minimum absolute atomic E-state index is 0.146. The fourth-order valence-corrected chi connectivity index (χ4v) is 2.69. The van der Waals surface area contributed by atoms with Gasteiger partial charge in [-0.2, -0.15) is 5.10 Å². The SMILES string of the molecule is COC(=O)CNC(=O)Cn1nc(C(F)F)c(Br)c1C1CC1. The number of alkyl halides is 2. The first kappa shape index (κ1) is 15.9. The van der Waals surface area contributed by atoms with Crippen molar-refractivity contribution in [3.8, 4) is 0 Å². The average molecular weight is 366 g/mol. The maximum Gasteiger partial charge on any atom is 0.325 e. The van der Waals surface area contributed by atoms with Crippen LogP contribution in [0.15, 0.2) is 4.47 Å². The van der Waals surface area contributed by atoms with Crippen molar-refractivity contribution in [3.05, 3.63) is 15.9 Å². The molecule has 116 valence electrons. The summed E-state index contributed by atoms with van der Waals surface area (Å²) in [5.41, 5.74) is 0.246. The number of methoxy groups -OCH3 is 1. The smallest absolute Gasteiger partial charge is 0.325 e. The van der Waals surface area contributed by atoms with Crippen LogP contribution in [0.3, 0.4) is 0 Å². The van der Waals surface area contributed by atoms with Crippen molar-refractivity contribution < 1.29 is 23.1 Å². The molecule has 1 aliphatic carbocycles. The summed E-state index contributed by atoms with van der Waals surface area (Å²) >= 11 is 3.14. The van der Waals surface area contributed by atoms with Gasteiger partial charge in [-0.05, 0) is 28.8 Å². The zero-order valence-corrected chi connectivity index (χ0v) is 12.8. The molecule has 1 saturated carbocycles. The molecule has 2 rings (SSSR count). The van der Waals surface area contributed by atoms with Gasteiger partial charge in [0, 0.05) is 5.92 Å². The molecule has 1 amide bonds. The van der Waals surface area contributed by atoms with Crippen molar-refractivity contribution in [2.24, 2.45) is 0 Å². The molecule has 1 fully saturated rings. The van der Waals surface area contributed by atoms with Gasteiger partial charge in [-0.25, -0.2) is 8.78 Å². The lowest BCUT2D eigenvalue weighted by Crippen LogP contribution is -2.33. The molecule has 1 aromatic rings. The lowest BCUT2D eigenvalue weighted by atomic mass is 10.2. The molecule has 0 spiro atoms. The number of aromatic nitrogens is 2. The van der Waals surface area contributed by atoms with Crippen LogP contribution < -0.4 is 5.32 Å². The number of hydrogen-bond acceptors (Lipinski definition) is 4. The number of nitrogens with one attached hydrogen (secondary N) is 1. The van der Waals surface area contributed by atoms with E-state index in [9.17, 15) is 18.4 Å². The zero-order chi connectivity index (χ0) is 15.6. The summed E-state index contributed by atoms with van der Waals surface area (Å²) in [6.07, 6.45) is -0.940. The van der Waals surface area contributed by atoms with E-state index in [4.69, 9.17) is 0 Å². The molecule has 0 saturated heterocycles. The highest BCUT2D eigenvalue weighted by Gasteiger charge is 2.34. The highest BCUT2D eigenvalue weighted by Crippen LogP contribution is 2.45. The number of nitrogens with zero attached hydrogens (tertiary/aromatic N) is 2. The van der Waals surface area contributed by atoms with E-state index in [-0.39, 0.29) is 29.2 Å². The molecule has 1 heterocycles. The van der Waals surface area contributed by atoms with Gasteiger partial charge in [0.2, 0.25) is 5.91 Å². The quantitative estimate of drug-likeness (QED) is 0.779. The van der Waals surface area contributed by atoms with Crippen molar-refractivity contribution >= 4 is 27.8 Å². The molecule has 0 unspecified atom stereocenters. The standard InChI is InChI=1S/C12H14BrF2N3O3/c1-21-8(20)4-16-7(19)5-18-11(6-2-3-6)9(13)10(17-18)12(14)15/h6,12H,2-5H2,1H3,(H,16,19). The van der Waals surface area contributed by atoms with Gasteiger partial charge in [0.05, 0.1) is 17.3 Å². The third kappa shape index (κ3) is 3.78. The van der Waals surface area contributed by atoms with E-state index < -0.39 is 18.3 Å². The first-order valence-corrected chi connectivity index (χ1v) is 7.11. The van der Waals surface area contributed by atoms with Crippen LogP contribution in [-0.4, -0.2) is 35.3 Å². The molecular formula is C12H14BrF2N3O3. The van der Waals surface area contributed by atoms with Gasteiger partial charge in [-0.3, -0.25) is 14.3 Å². The third-order valence-electron chi connectivity index (χ3n) is 3.08. The molecule has 0 radical (unpaired) electrons. The molecule has 0 bridgehead atoms. The average Bonchev–Trinajstić information content (AvgIpc) is 3.21. The zero-order valence-electron chi connectivity index (χ0n) is 11.2. The Morgan fingerprint density at radius 2 is 2.19 bits per heavy atom. The van der Waals surface area contributed by atoms with Crippen molar-refractivity contribution in [2.45, 2.75) is 31.7 Å². The molecule has 21 heavy (non-hydrogen) atoms. The highest BCUT2D eigenvalue weighted by molar-refractivity contribution is 9.10. The fraction of sp³-hybridized carbons (Fsp3) is 0.583. The predicted octanol–water partition coefficient (Wildman–Crippen LogP) is 1.75. The maximum atomic E-state index is 12.9. The Kier molecular flexibility index (Phi) is 4.92. The number of rotatable bonds is 6. The van der Waals surface area contributed by atoms with Crippen LogP contribution in [0.2, 0.25) is 0 Å². The number of amides is 1. The molecular weight excluding hydrogens is 352 g/mol. The second-order valence-electron chi connectivity index (χ2n) is 4.67. The van der Waals surface area contributed by atoms with Crippen molar-refractivity contribution in [1.29, 1.82) is 0 Å². The van der Waals surface area contributed by atoms with Gasteiger partial charge < -0.3 is 10.1 Å². The van der Waals surface area contributed by atoms with Gasteiger partial charge in [0.25, 0.3) is 6.43 Å². The van der Waals surface area contributed by atoms with Gasteiger partial charge >= 0.3 is 5.97 Å². The number of carbonyl (C=O) groups is 2. The van der Waals surface area contributed by atoms with Crippen molar-refractivity contribution in [2.75, 3.05) is 13.7 Å². The van der Waals surface area contributed by atoms with Crippen LogP contribution in [0.4, 0.5) is 8.78 Å². The minimum atomic E-state index is -2.71. The second kappa shape index (κ2) is 6.50. The Morgan fingerprint density at radius 3 is 2.71 bits per heavy atom.